The second kappa shape index (κ2) is 9.40. The monoisotopic (exact) mass is 471 g/mol. The molecule has 174 valence electrons. The molecule has 2 heterocycles. The number of nitrogens with two attached hydrogens (primary N) is 1. The fraction of sp³-hybridized carbons (Fsp3) is 0.348. The molecule has 2 atom stereocenters. The molecule has 33 heavy (non-hydrogen) atoms. The molecule has 2 aromatic heterocycles. The van der Waals surface area contributed by atoms with Crippen molar-refractivity contribution < 1.29 is 17.5 Å². The smallest absolute Gasteiger partial charge is 0.238 e. The van der Waals surface area contributed by atoms with E-state index in [1.54, 1.807) is 24.8 Å². The van der Waals surface area contributed by atoms with E-state index in [9.17, 15) is 12.8 Å². The zero-order valence-corrected chi connectivity index (χ0v) is 19.2. The van der Waals surface area contributed by atoms with E-state index < -0.39 is 15.8 Å². The molecule has 4 rings (SSSR count). The molecule has 1 aliphatic carbocycles. The Morgan fingerprint density at radius 2 is 1.91 bits per heavy atom. The highest BCUT2D eigenvalue weighted by atomic mass is 32.2. The van der Waals surface area contributed by atoms with Gasteiger partial charge in [-0.15, -0.1) is 0 Å². The largest absolute Gasteiger partial charge is 0.488 e. The van der Waals surface area contributed by atoms with Crippen LogP contribution in [0.2, 0.25) is 0 Å². The van der Waals surface area contributed by atoms with Crippen LogP contribution in [-0.4, -0.2) is 29.5 Å². The number of aromatic nitrogens is 3. The summed E-state index contributed by atoms with van der Waals surface area (Å²) in [4.78, 5) is 12.5. The number of nitrogens with one attached hydrogen (secondary N) is 1. The average molecular weight is 472 g/mol. The van der Waals surface area contributed by atoms with Gasteiger partial charge >= 0.3 is 0 Å². The maximum Gasteiger partial charge on any atom is 0.238 e. The Hall–Kier alpha value is -3.11. The van der Waals surface area contributed by atoms with Crippen molar-refractivity contribution in [1.29, 1.82) is 0 Å². The van der Waals surface area contributed by atoms with E-state index in [0.29, 0.717) is 5.92 Å². The van der Waals surface area contributed by atoms with Crippen molar-refractivity contribution in [2.75, 3.05) is 5.32 Å². The summed E-state index contributed by atoms with van der Waals surface area (Å²) in [6.07, 6.45) is 9.85. The van der Waals surface area contributed by atoms with Crippen LogP contribution in [-0.2, 0) is 10.0 Å². The van der Waals surface area contributed by atoms with Crippen LogP contribution >= 0.6 is 0 Å². The lowest BCUT2D eigenvalue weighted by molar-refractivity contribution is 0.204. The van der Waals surface area contributed by atoms with E-state index in [-0.39, 0.29) is 28.6 Å². The molecule has 1 fully saturated rings. The molecule has 0 amide bonds. The molecule has 10 heteroatoms. The summed E-state index contributed by atoms with van der Waals surface area (Å²) in [5.41, 5.74) is 2.20. The highest BCUT2D eigenvalue weighted by Gasteiger charge is 2.28. The first kappa shape index (κ1) is 23.1. The number of benzene rings is 1. The van der Waals surface area contributed by atoms with Gasteiger partial charge in [0.05, 0.1) is 22.9 Å². The van der Waals surface area contributed by atoms with Crippen LogP contribution in [0, 0.1) is 5.82 Å². The van der Waals surface area contributed by atoms with Crippen LogP contribution in [0.15, 0.2) is 53.9 Å². The van der Waals surface area contributed by atoms with Gasteiger partial charge in [-0.2, -0.15) is 0 Å². The molecule has 0 spiro atoms. The van der Waals surface area contributed by atoms with E-state index in [4.69, 9.17) is 9.88 Å². The van der Waals surface area contributed by atoms with E-state index >= 15 is 0 Å². The second-order valence-corrected chi connectivity index (χ2v) is 10.0. The SMILES string of the molecule is CC(C)c1ccncc1O[C@H]1CC[C@@H](c2cnc(Nc3ccc(S(N)(=O)=O)cc3F)nc2)C1. The Morgan fingerprint density at radius 1 is 1.15 bits per heavy atom. The van der Waals surface area contributed by atoms with E-state index in [1.807, 2.05) is 6.07 Å². The minimum absolute atomic E-state index is 0.0573. The highest BCUT2D eigenvalue weighted by molar-refractivity contribution is 7.89. The highest BCUT2D eigenvalue weighted by Crippen LogP contribution is 2.37. The molecule has 1 aliphatic rings. The van der Waals surface area contributed by atoms with Gasteiger partial charge in [-0.1, -0.05) is 13.8 Å². The van der Waals surface area contributed by atoms with Crippen molar-refractivity contribution in [2.24, 2.45) is 5.14 Å². The lowest BCUT2D eigenvalue weighted by Crippen LogP contribution is -2.14. The predicted molar refractivity (Wildman–Crippen MR) is 122 cm³/mol. The quantitative estimate of drug-likeness (QED) is 0.529. The molecule has 1 aromatic carbocycles. The lowest BCUT2D eigenvalue weighted by Gasteiger charge is -2.18. The van der Waals surface area contributed by atoms with Gasteiger partial charge in [0, 0.05) is 18.6 Å². The average Bonchev–Trinajstić information content (AvgIpc) is 3.23. The third-order valence-corrected chi connectivity index (χ3v) is 6.69. The van der Waals surface area contributed by atoms with Crippen LogP contribution in [0.4, 0.5) is 16.0 Å². The summed E-state index contributed by atoms with van der Waals surface area (Å²) in [5.74, 6) is 0.915. The molecule has 0 bridgehead atoms. The van der Waals surface area contributed by atoms with Gasteiger partial charge < -0.3 is 10.1 Å². The van der Waals surface area contributed by atoms with Crippen molar-refractivity contribution >= 4 is 21.7 Å². The zero-order valence-electron chi connectivity index (χ0n) is 18.4. The summed E-state index contributed by atoms with van der Waals surface area (Å²) in [6.45, 7) is 4.26. The van der Waals surface area contributed by atoms with Crippen LogP contribution in [0.5, 0.6) is 5.75 Å². The molecule has 3 N–H and O–H groups in total. The van der Waals surface area contributed by atoms with E-state index in [1.165, 1.54) is 12.1 Å². The topological polar surface area (TPSA) is 120 Å². The summed E-state index contributed by atoms with van der Waals surface area (Å²) in [6, 6.07) is 5.37. The number of anilines is 2. The number of ether oxygens (including phenoxy) is 1. The fourth-order valence-electron chi connectivity index (χ4n) is 4.00. The van der Waals surface area contributed by atoms with E-state index in [2.05, 4.69) is 34.1 Å². The van der Waals surface area contributed by atoms with Crippen molar-refractivity contribution in [3.05, 3.63) is 66.0 Å². The Labute approximate surface area is 192 Å². The third-order valence-electron chi connectivity index (χ3n) is 5.78. The van der Waals surface area contributed by atoms with Gasteiger partial charge in [0.1, 0.15) is 11.6 Å². The molecule has 0 aliphatic heterocycles. The lowest BCUT2D eigenvalue weighted by atomic mass is 10.0. The summed E-state index contributed by atoms with van der Waals surface area (Å²) in [5, 5.41) is 7.79. The zero-order chi connectivity index (χ0) is 23.6. The molecular formula is C23H26FN5O3S. The summed E-state index contributed by atoms with van der Waals surface area (Å²) < 4.78 is 43.2. The molecule has 3 aromatic rings. The molecule has 0 saturated heterocycles. The van der Waals surface area contributed by atoms with Crippen LogP contribution in [0.3, 0.4) is 0 Å². The Morgan fingerprint density at radius 3 is 2.58 bits per heavy atom. The maximum atomic E-state index is 14.2. The van der Waals surface area contributed by atoms with Crippen LogP contribution in [0.1, 0.15) is 56.1 Å². The van der Waals surface area contributed by atoms with Gasteiger partial charge in [-0.05, 0) is 66.5 Å². The second-order valence-electron chi connectivity index (χ2n) is 8.47. The predicted octanol–water partition coefficient (Wildman–Crippen LogP) is 4.24. The number of sulfonamides is 1. The van der Waals surface area contributed by atoms with Gasteiger partial charge in [0.2, 0.25) is 16.0 Å². The molecule has 0 unspecified atom stereocenters. The number of nitrogens with zero attached hydrogens (tertiary/aromatic N) is 3. The fourth-order valence-corrected chi connectivity index (χ4v) is 4.53. The number of hydrogen-bond donors (Lipinski definition) is 2. The minimum atomic E-state index is -3.97. The molecular weight excluding hydrogens is 445 g/mol. The van der Waals surface area contributed by atoms with Crippen molar-refractivity contribution in [2.45, 2.75) is 55.9 Å². The normalized spacial score (nSPS) is 18.5. The minimum Gasteiger partial charge on any atom is -0.488 e. The molecule has 1 saturated carbocycles. The van der Waals surface area contributed by atoms with Crippen molar-refractivity contribution in [3.8, 4) is 5.75 Å². The summed E-state index contributed by atoms with van der Waals surface area (Å²) >= 11 is 0. The Bertz CT molecular complexity index is 1240. The van der Waals surface area contributed by atoms with Crippen LogP contribution < -0.4 is 15.2 Å². The molecule has 0 radical (unpaired) electrons. The standard InChI is InChI=1S/C23H26FN5O3S/c1-14(2)19-7-8-26-13-22(19)32-17-4-3-15(9-17)16-11-27-23(28-12-16)29-21-6-5-18(10-20(21)24)33(25,30)31/h5-8,10-15,17H,3-4,9H2,1-2H3,(H2,25,30,31)(H,27,28,29)/t15-,17+/m1/s1. The Kier molecular flexibility index (Phi) is 6.57. The van der Waals surface area contributed by atoms with E-state index in [0.717, 1.165) is 42.2 Å². The molecule has 8 nitrogen and oxygen atoms in total. The van der Waals surface area contributed by atoms with Gasteiger partial charge in [-0.25, -0.2) is 27.9 Å². The third kappa shape index (κ3) is 5.45. The number of hydrogen-bond acceptors (Lipinski definition) is 7. The van der Waals surface area contributed by atoms with Crippen LogP contribution in [0.25, 0.3) is 0 Å². The van der Waals surface area contributed by atoms with Gasteiger partial charge in [-0.3, -0.25) is 4.98 Å². The first-order chi connectivity index (χ1) is 15.7. The van der Waals surface area contributed by atoms with Crippen molar-refractivity contribution in [1.82, 2.24) is 15.0 Å². The first-order valence-corrected chi connectivity index (χ1v) is 12.3. The van der Waals surface area contributed by atoms with Crippen molar-refractivity contribution in [3.63, 3.8) is 0 Å². The first-order valence-electron chi connectivity index (χ1n) is 10.7. The van der Waals surface area contributed by atoms with Gasteiger partial charge in [0.25, 0.3) is 0 Å². The number of primary sulfonamides is 1. The Balaban J connectivity index is 1.39. The van der Waals surface area contributed by atoms with Gasteiger partial charge in [0.15, 0.2) is 0 Å². The summed E-state index contributed by atoms with van der Waals surface area (Å²) in [7, 11) is -3.97. The maximum absolute atomic E-state index is 14.2. The number of rotatable bonds is 7. The number of pyridine rings is 1. The number of halogens is 1.